The lowest BCUT2D eigenvalue weighted by molar-refractivity contribution is 1.31. The van der Waals surface area contributed by atoms with Gasteiger partial charge in [0.1, 0.15) is 0 Å². The first-order valence-corrected chi connectivity index (χ1v) is 10.4. The number of nitrogens with zero attached hydrogens (tertiary/aromatic N) is 1. The molecule has 0 fully saturated rings. The molecule has 0 saturated heterocycles. The third-order valence-electron chi connectivity index (χ3n) is 2.87. The van der Waals surface area contributed by atoms with Crippen molar-refractivity contribution in [2.45, 2.75) is 25.7 Å². The number of rotatable bonds is 4. The van der Waals surface area contributed by atoms with Crippen molar-refractivity contribution >= 4 is 20.2 Å². The summed E-state index contributed by atoms with van der Waals surface area (Å²) in [4.78, 5) is 4.10. The first kappa shape index (κ1) is 13.8. The van der Waals surface area contributed by atoms with Crippen LogP contribution in [0, 0.1) is 0 Å². The van der Waals surface area contributed by atoms with Gasteiger partial charge in [0.2, 0.25) is 0 Å². The van der Waals surface area contributed by atoms with Crippen LogP contribution < -0.4 is 0 Å². The molecule has 2 heteroatoms. The highest BCUT2D eigenvalue weighted by atomic mass is 28.3. The van der Waals surface area contributed by atoms with E-state index in [1.165, 1.54) is 17.2 Å². The highest BCUT2D eigenvalue weighted by Crippen LogP contribution is 2.14. The molecule has 19 heavy (non-hydrogen) atoms. The summed E-state index contributed by atoms with van der Waals surface area (Å²) < 4.78 is 0. The average Bonchev–Trinajstić information content (AvgIpc) is 2.37. The smallest absolute Gasteiger partial charge is 0.0487 e. The Morgan fingerprint density at radius 1 is 0.947 bits per heavy atom. The molecule has 2 aromatic rings. The lowest BCUT2D eigenvalue weighted by Gasteiger charge is -2.15. The van der Waals surface area contributed by atoms with Gasteiger partial charge < -0.3 is 0 Å². The lowest BCUT2D eigenvalue weighted by Crippen LogP contribution is -2.23. The number of hydrogen-bond donors (Lipinski definition) is 0. The van der Waals surface area contributed by atoms with Gasteiger partial charge in [-0.15, -0.1) is 0 Å². The van der Waals surface area contributed by atoms with Gasteiger partial charge in [0, 0.05) is 20.5 Å². The van der Waals surface area contributed by atoms with Crippen LogP contribution in [-0.2, 0) is 6.04 Å². The predicted molar refractivity (Wildman–Crippen MR) is 86.7 cm³/mol. The first-order chi connectivity index (χ1) is 9.03. The monoisotopic (exact) mass is 267 g/mol. The van der Waals surface area contributed by atoms with E-state index in [9.17, 15) is 0 Å². The zero-order valence-corrected chi connectivity index (χ0v) is 12.9. The molecule has 0 N–H and O–H groups in total. The van der Waals surface area contributed by atoms with Crippen LogP contribution in [0.3, 0.4) is 0 Å². The van der Waals surface area contributed by atoms with E-state index in [1.54, 1.807) is 6.20 Å². The van der Waals surface area contributed by atoms with Crippen LogP contribution in [-0.4, -0.2) is 13.1 Å². The summed E-state index contributed by atoms with van der Waals surface area (Å²) in [5, 5.41) is 0. The Morgan fingerprint density at radius 2 is 1.63 bits per heavy atom. The van der Waals surface area contributed by atoms with Crippen LogP contribution in [0.15, 0.2) is 48.8 Å². The molecule has 0 atom stereocenters. The Morgan fingerprint density at radius 3 is 2.21 bits per heavy atom. The van der Waals surface area contributed by atoms with Gasteiger partial charge in [0.05, 0.1) is 0 Å². The van der Waals surface area contributed by atoms with Gasteiger partial charge >= 0.3 is 0 Å². The maximum atomic E-state index is 4.10. The van der Waals surface area contributed by atoms with Gasteiger partial charge in [-0.2, -0.15) is 0 Å². The fourth-order valence-corrected chi connectivity index (χ4v) is 3.49. The Balaban J connectivity index is 2.05. The molecular formula is C17H21NSi. The molecule has 1 heterocycles. The zero-order valence-electron chi connectivity index (χ0n) is 11.9. The van der Waals surface area contributed by atoms with Crippen molar-refractivity contribution in [1.29, 1.82) is 0 Å². The summed E-state index contributed by atoms with van der Waals surface area (Å²) in [5.41, 5.74) is 3.83. The van der Waals surface area contributed by atoms with E-state index in [1.807, 2.05) is 12.3 Å². The Bertz CT molecular complexity index is 536. The van der Waals surface area contributed by atoms with Crippen LogP contribution in [0.4, 0.5) is 0 Å². The summed E-state index contributed by atoms with van der Waals surface area (Å²) in [6.07, 6.45) is 7.90. The number of hydrogen-bond acceptors (Lipinski definition) is 1. The summed E-state index contributed by atoms with van der Waals surface area (Å²) in [6.45, 7) is 7.22. The predicted octanol–water partition coefficient (Wildman–Crippen LogP) is 4.67. The minimum Gasteiger partial charge on any atom is -0.264 e. The molecule has 0 aliphatic rings. The van der Waals surface area contributed by atoms with Crippen molar-refractivity contribution in [3.63, 3.8) is 0 Å². The maximum Gasteiger partial charge on any atom is 0.0487 e. The SMILES string of the molecule is C[Si](C)(C)Cc1ccc(/C=C/c2cccnc2)cc1. The summed E-state index contributed by atoms with van der Waals surface area (Å²) >= 11 is 0. The Kier molecular flexibility index (Phi) is 4.33. The van der Waals surface area contributed by atoms with Gasteiger partial charge in [-0.1, -0.05) is 67.7 Å². The third-order valence-corrected chi connectivity index (χ3v) is 4.34. The van der Waals surface area contributed by atoms with Crippen LogP contribution in [0.5, 0.6) is 0 Å². The molecule has 1 aromatic carbocycles. The molecule has 1 nitrogen and oxygen atoms in total. The second-order valence-corrected chi connectivity index (χ2v) is 11.6. The molecule has 0 aliphatic heterocycles. The van der Waals surface area contributed by atoms with Crippen molar-refractivity contribution in [3.8, 4) is 0 Å². The van der Waals surface area contributed by atoms with Crippen molar-refractivity contribution in [1.82, 2.24) is 4.98 Å². The highest BCUT2D eigenvalue weighted by Gasteiger charge is 2.13. The van der Waals surface area contributed by atoms with E-state index >= 15 is 0 Å². The summed E-state index contributed by atoms with van der Waals surface area (Å²) in [5.74, 6) is 0. The molecule has 0 bridgehead atoms. The minimum absolute atomic E-state index is 1.01. The topological polar surface area (TPSA) is 12.9 Å². The van der Waals surface area contributed by atoms with Gasteiger partial charge in [-0.3, -0.25) is 4.98 Å². The summed E-state index contributed by atoms with van der Waals surface area (Å²) in [6, 6.07) is 14.2. The second-order valence-electron chi connectivity index (χ2n) is 6.10. The fourth-order valence-electron chi connectivity index (χ4n) is 2.03. The van der Waals surface area contributed by atoms with E-state index in [4.69, 9.17) is 0 Å². The van der Waals surface area contributed by atoms with Gasteiger partial charge in [0.15, 0.2) is 0 Å². The third kappa shape index (κ3) is 4.84. The fraction of sp³-hybridized carbons (Fsp3) is 0.235. The zero-order chi connectivity index (χ0) is 13.7. The molecule has 98 valence electrons. The van der Waals surface area contributed by atoms with E-state index in [2.05, 4.69) is 67.1 Å². The van der Waals surface area contributed by atoms with Gasteiger partial charge in [-0.25, -0.2) is 0 Å². The van der Waals surface area contributed by atoms with Gasteiger partial charge in [-0.05, 0) is 23.2 Å². The van der Waals surface area contributed by atoms with E-state index in [-0.39, 0.29) is 0 Å². The molecule has 1 aromatic heterocycles. The first-order valence-electron chi connectivity index (χ1n) is 6.70. The van der Waals surface area contributed by atoms with Crippen molar-refractivity contribution in [3.05, 3.63) is 65.5 Å². The summed E-state index contributed by atoms with van der Waals surface area (Å²) in [7, 11) is -1.01. The highest BCUT2D eigenvalue weighted by molar-refractivity contribution is 6.75. The molecule has 2 rings (SSSR count). The minimum atomic E-state index is -1.01. The van der Waals surface area contributed by atoms with Crippen molar-refractivity contribution in [2.24, 2.45) is 0 Å². The molecule has 0 amide bonds. The number of pyridine rings is 1. The van der Waals surface area contributed by atoms with Crippen LogP contribution >= 0.6 is 0 Å². The second kappa shape index (κ2) is 5.98. The maximum absolute atomic E-state index is 4.10. The molecule has 0 aliphatic carbocycles. The normalized spacial score (nSPS) is 11.9. The van der Waals surface area contributed by atoms with E-state index in [0.717, 1.165) is 5.56 Å². The number of aromatic nitrogens is 1. The largest absolute Gasteiger partial charge is 0.264 e. The van der Waals surface area contributed by atoms with Crippen LogP contribution in [0.25, 0.3) is 12.2 Å². The van der Waals surface area contributed by atoms with Crippen LogP contribution in [0.2, 0.25) is 19.6 Å². The van der Waals surface area contributed by atoms with Gasteiger partial charge in [0.25, 0.3) is 0 Å². The Labute approximate surface area is 117 Å². The Hall–Kier alpha value is -1.67. The number of benzene rings is 1. The standard InChI is InChI=1S/C17H21NSi/c1-19(2,3)14-17-10-7-15(8-11-17)6-9-16-5-4-12-18-13-16/h4-13H,14H2,1-3H3/b9-6+. The molecule has 0 saturated carbocycles. The van der Waals surface area contributed by atoms with E-state index < -0.39 is 8.07 Å². The molecular weight excluding hydrogens is 246 g/mol. The van der Waals surface area contributed by atoms with E-state index in [0.29, 0.717) is 0 Å². The quantitative estimate of drug-likeness (QED) is 0.733. The molecule has 0 radical (unpaired) electrons. The molecule has 0 spiro atoms. The van der Waals surface area contributed by atoms with Crippen LogP contribution in [0.1, 0.15) is 16.7 Å². The lowest BCUT2D eigenvalue weighted by atomic mass is 10.1. The average molecular weight is 267 g/mol. The molecule has 0 unspecified atom stereocenters. The van der Waals surface area contributed by atoms with Crippen molar-refractivity contribution in [2.75, 3.05) is 0 Å². The van der Waals surface area contributed by atoms with Crippen molar-refractivity contribution < 1.29 is 0 Å².